The second-order valence-corrected chi connectivity index (χ2v) is 5.61. The topological polar surface area (TPSA) is 148 Å². The van der Waals surface area contributed by atoms with Gasteiger partial charge in [0.1, 0.15) is 6.33 Å². The van der Waals surface area contributed by atoms with Crippen molar-refractivity contribution in [2.24, 2.45) is 0 Å². The summed E-state index contributed by atoms with van der Waals surface area (Å²) in [6.07, 6.45) is 2.52. The first-order chi connectivity index (χ1) is 13.1. The van der Waals surface area contributed by atoms with E-state index >= 15 is 0 Å². The maximum atomic E-state index is 11.9. The normalized spacial score (nSPS) is 14.5. The van der Waals surface area contributed by atoms with Crippen LogP contribution in [0.15, 0.2) is 29.1 Å². The number of ether oxygens (including phenoxy) is 1. The first kappa shape index (κ1) is 18.5. The van der Waals surface area contributed by atoms with Crippen molar-refractivity contribution in [3.63, 3.8) is 0 Å². The molecule has 0 spiro atoms. The van der Waals surface area contributed by atoms with E-state index in [0.29, 0.717) is 26.3 Å². The number of hydrogen-bond acceptors (Lipinski definition) is 10. The molecule has 1 amide bonds. The van der Waals surface area contributed by atoms with Crippen molar-refractivity contribution in [1.29, 1.82) is 0 Å². The zero-order valence-corrected chi connectivity index (χ0v) is 14.4. The van der Waals surface area contributed by atoms with Crippen LogP contribution in [-0.2, 0) is 4.74 Å². The third-order valence-electron chi connectivity index (χ3n) is 3.87. The maximum absolute atomic E-state index is 11.9. The van der Waals surface area contributed by atoms with Crippen molar-refractivity contribution in [3.8, 4) is 0 Å². The molecule has 12 heteroatoms. The lowest BCUT2D eigenvalue weighted by Crippen LogP contribution is -2.39. The SMILES string of the molecule is O=C(NNc1ncnc(NCCN2CCOCC2)c1[N+](=O)[O-])c1ccco1. The van der Waals surface area contributed by atoms with Gasteiger partial charge in [-0.25, -0.2) is 9.97 Å². The number of nitro groups is 1. The predicted octanol–water partition coefficient (Wildman–Crippen LogP) is 0.479. The first-order valence-corrected chi connectivity index (χ1v) is 8.28. The predicted molar refractivity (Wildman–Crippen MR) is 94.2 cm³/mol. The molecule has 0 atom stereocenters. The van der Waals surface area contributed by atoms with E-state index in [0.717, 1.165) is 13.1 Å². The summed E-state index contributed by atoms with van der Waals surface area (Å²) in [6, 6.07) is 3.02. The van der Waals surface area contributed by atoms with Crippen LogP contribution in [0.2, 0.25) is 0 Å². The summed E-state index contributed by atoms with van der Waals surface area (Å²) in [4.78, 5) is 32.7. The third kappa shape index (κ3) is 4.89. The van der Waals surface area contributed by atoms with Crippen LogP contribution in [0.1, 0.15) is 10.6 Å². The van der Waals surface area contributed by atoms with Gasteiger partial charge in [0.05, 0.1) is 24.4 Å². The lowest BCUT2D eigenvalue weighted by Gasteiger charge is -2.26. The Morgan fingerprint density at radius 3 is 2.78 bits per heavy atom. The Morgan fingerprint density at radius 1 is 1.30 bits per heavy atom. The largest absolute Gasteiger partial charge is 0.459 e. The molecule has 3 heterocycles. The van der Waals surface area contributed by atoms with Crippen molar-refractivity contribution in [1.82, 2.24) is 20.3 Å². The summed E-state index contributed by atoms with van der Waals surface area (Å²) in [5.74, 6) is -0.598. The van der Waals surface area contributed by atoms with Crippen molar-refractivity contribution >= 4 is 23.2 Å². The van der Waals surface area contributed by atoms with E-state index in [4.69, 9.17) is 9.15 Å². The van der Waals surface area contributed by atoms with Gasteiger partial charge in [-0.05, 0) is 12.1 Å². The number of carbonyl (C=O) groups is 1. The Hall–Kier alpha value is -3.25. The fraction of sp³-hybridized carbons (Fsp3) is 0.400. The molecule has 0 radical (unpaired) electrons. The Balaban J connectivity index is 1.63. The van der Waals surface area contributed by atoms with Crippen LogP contribution < -0.4 is 16.2 Å². The lowest BCUT2D eigenvalue weighted by molar-refractivity contribution is -0.383. The van der Waals surface area contributed by atoms with Gasteiger partial charge in [0.2, 0.25) is 11.6 Å². The van der Waals surface area contributed by atoms with Gasteiger partial charge >= 0.3 is 11.6 Å². The van der Waals surface area contributed by atoms with Gasteiger partial charge in [-0.15, -0.1) is 0 Å². The third-order valence-corrected chi connectivity index (χ3v) is 3.87. The zero-order valence-electron chi connectivity index (χ0n) is 14.4. The number of furan rings is 1. The minimum Gasteiger partial charge on any atom is -0.459 e. The summed E-state index contributed by atoms with van der Waals surface area (Å²) in [7, 11) is 0. The average molecular weight is 377 g/mol. The van der Waals surface area contributed by atoms with Crippen LogP contribution in [-0.4, -0.2) is 65.1 Å². The highest BCUT2D eigenvalue weighted by molar-refractivity contribution is 5.92. The van der Waals surface area contributed by atoms with Crippen molar-refractivity contribution in [2.75, 3.05) is 50.1 Å². The van der Waals surface area contributed by atoms with Gasteiger partial charge in [0.15, 0.2) is 5.76 Å². The van der Waals surface area contributed by atoms with Crippen LogP contribution >= 0.6 is 0 Å². The van der Waals surface area contributed by atoms with E-state index in [-0.39, 0.29) is 23.1 Å². The minimum atomic E-state index is -0.613. The molecule has 2 aromatic heterocycles. The molecular weight excluding hydrogens is 358 g/mol. The number of carbonyl (C=O) groups excluding carboxylic acids is 1. The summed E-state index contributed by atoms with van der Waals surface area (Å²) >= 11 is 0. The molecule has 0 bridgehead atoms. The average Bonchev–Trinajstić information content (AvgIpc) is 3.21. The molecule has 0 unspecified atom stereocenters. The Bertz CT molecular complexity index is 777. The molecule has 1 fully saturated rings. The zero-order chi connectivity index (χ0) is 19.1. The summed E-state index contributed by atoms with van der Waals surface area (Å²) in [6.45, 7) is 4.16. The molecule has 0 aromatic carbocycles. The highest BCUT2D eigenvalue weighted by Gasteiger charge is 2.24. The molecular formula is C15H19N7O5. The van der Waals surface area contributed by atoms with E-state index < -0.39 is 10.8 Å². The number of amides is 1. The molecule has 144 valence electrons. The molecule has 2 aromatic rings. The Labute approximate surface area is 154 Å². The molecule has 27 heavy (non-hydrogen) atoms. The number of aromatic nitrogens is 2. The quantitative estimate of drug-likeness (QED) is 0.438. The molecule has 12 nitrogen and oxygen atoms in total. The van der Waals surface area contributed by atoms with Gasteiger partial charge < -0.3 is 14.5 Å². The van der Waals surface area contributed by atoms with E-state index in [2.05, 4.69) is 31.0 Å². The minimum absolute atomic E-state index is 0.0584. The van der Waals surface area contributed by atoms with Crippen molar-refractivity contribution in [3.05, 3.63) is 40.6 Å². The Kier molecular flexibility index (Phi) is 6.12. The van der Waals surface area contributed by atoms with Gasteiger partial charge in [-0.2, -0.15) is 0 Å². The molecule has 3 N–H and O–H groups in total. The van der Waals surface area contributed by atoms with Crippen LogP contribution in [0.5, 0.6) is 0 Å². The lowest BCUT2D eigenvalue weighted by atomic mass is 10.4. The monoisotopic (exact) mass is 377 g/mol. The standard InChI is InChI=1S/C15H19N7O5/c23-15(11-2-1-7-27-11)20-19-14-12(22(24)25)13(17-10-18-14)16-3-4-21-5-8-26-9-6-21/h1-2,7,10H,3-6,8-9H2,(H,20,23)(H2,16,17,18,19). The van der Waals surface area contributed by atoms with Gasteiger partial charge in [0.25, 0.3) is 0 Å². The van der Waals surface area contributed by atoms with Gasteiger partial charge in [-0.3, -0.25) is 30.7 Å². The fourth-order valence-corrected chi connectivity index (χ4v) is 2.52. The van der Waals surface area contributed by atoms with Crippen molar-refractivity contribution in [2.45, 2.75) is 0 Å². The van der Waals surface area contributed by atoms with Crippen LogP contribution in [0.25, 0.3) is 0 Å². The molecule has 1 saturated heterocycles. The first-order valence-electron chi connectivity index (χ1n) is 8.28. The fourth-order valence-electron chi connectivity index (χ4n) is 2.52. The van der Waals surface area contributed by atoms with Gasteiger partial charge in [0, 0.05) is 26.2 Å². The van der Waals surface area contributed by atoms with Gasteiger partial charge in [-0.1, -0.05) is 0 Å². The van der Waals surface area contributed by atoms with Crippen LogP contribution in [0, 0.1) is 10.1 Å². The number of hydrogen-bond donors (Lipinski definition) is 3. The van der Waals surface area contributed by atoms with Crippen LogP contribution in [0.3, 0.4) is 0 Å². The number of nitrogens with one attached hydrogen (secondary N) is 3. The van der Waals surface area contributed by atoms with Crippen LogP contribution in [0.4, 0.5) is 17.3 Å². The summed E-state index contributed by atoms with van der Waals surface area (Å²) in [5.41, 5.74) is 4.39. The molecule has 1 aliphatic heterocycles. The smallest absolute Gasteiger partial charge is 0.354 e. The van der Waals surface area contributed by atoms with E-state index in [1.165, 1.54) is 18.7 Å². The van der Waals surface area contributed by atoms with E-state index in [9.17, 15) is 14.9 Å². The molecule has 3 rings (SSSR count). The Morgan fingerprint density at radius 2 is 2.07 bits per heavy atom. The second-order valence-electron chi connectivity index (χ2n) is 5.61. The number of hydrazine groups is 1. The number of rotatable bonds is 8. The maximum Gasteiger partial charge on any atom is 0.354 e. The number of anilines is 2. The van der Waals surface area contributed by atoms with Crippen molar-refractivity contribution < 1.29 is 18.9 Å². The number of morpholine rings is 1. The second kappa shape index (κ2) is 8.91. The summed E-state index contributed by atoms with van der Waals surface area (Å²) < 4.78 is 10.2. The van der Waals surface area contributed by atoms with E-state index in [1.54, 1.807) is 6.07 Å². The molecule has 0 saturated carbocycles. The highest BCUT2D eigenvalue weighted by Crippen LogP contribution is 2.28. The number of nitrogens with zero attached hydrogens (tertiary/aromatic N) is 4. The molecule has 0 aliphatic carbocycles. The van der Waals surface area contributed by atoms with E-state index in [1.807, 2.05) is 0 Å². The highest BCUT2D eigenvalue weighted by atomic mass is 16.6. The molecule has 1 aliphatic rings. The summed E-state index contributed by atoms with van der Waals surface area (Å²) in [5, 5.41) is 14.4.